The number of hydrogen-bond acceptors (Lipinski definition) is 6. The minimum atomic E-state index is -0.157. The zero-order valence-electron chi connectivity index (χ0n) is 13.8. The van der Waals surface area contributed by atoms with E-state index in [0.717, 1.165) is 10.9 Å². The SMILES string of the molecule is Cc1noc([C@@H]2CN(C(=O)c3ccc4ccccc4n3)C[C@H]2CO)n1. The molecule has 1 saturated heterocycles. The number of hydrogen-bond donors (Lipinski definition) is 1. The highest BCUT2D eigenvalue weighted by Crippen LogP contribution is 2.32. The van der Waals surface area contributed by atoms with Gasteiger partial charge in [-0.3, -0.25) is 4.79 Å². The lowest BCUT2D eigenvalue weighted by molar-refractivity contribution is 0.0775. The molecule has 1 aliphatic rings. The number of rotatable bonds is 3. The van der Waals surface area contributed by atoms with Gasteiger partial charge in [0.1, 0.15) is 5.69 Å². The fourth-order valence-electron chi connectivity index (χ4n) is 3.31. The molecule has 2 atom stereocenters. The van der Waals surface area contributed by atoms with Gasteiger partial charge in [0.2, 0.25) is 5.89 Å². The quantitative estimate of drug-likeness (QED) is 0.782. The Hall–Kier alpha value is -2.80. The number of aromatic nitrogens is 3. The van der Waals surface area contributed by atoms with E-state index in [1.54, 1.807) is 17.9 Å². The minimum absolute atomic E-state index is 0.0407. The van der Waals surface area contributed by atoms with Crippen molar-refractivity contribution in [2.45, 2.75) is 12.8 Å². The highest BCUT2D eigenvalue weighted by molar-refractivity contribution is 5.95. The number of carbonyl (C=O) groups is 1. The molecule has 0 unspecified atom stereocenters. The Balaban J connectivity index is 1.59. The van der Waals surface area contributed by atoms with Crippen molar-refractivity contribution in [2.24, 2.45) is 5.92 Å². The molecule has 1 aromatic carbocycles. The summed E-state index contributed by atoms with van der Waals surface area (Å²) in [5.74, 6) is 0.591. The minimum Gasteiger partial charge on any atom is -0.396 e. The van der Waals surface area contributed by atoms with E-state index in [2.05, 4.69) is 15.1 Å². The van der Waals surface area contributed by atoms with Crippen molar-refractivity contribution in [1.29, 1.82) is 0 Å². The molecule has 0 aliphatic carbocycles. The maximum absolute atomic E-state index is 12.8. The molecule has 2 aromatic heterocycles. The number of aliphatic hydroxyl groups excluding tert-OH is 1. The van der Waals surface area contributed by atoms with Crippen LogP contribution in [-0.4, -0.2) is 50.7 Å². The maximum atomic E-state index is 12.8. The first-order valence-electron chi connectivity index (χ1n) is 8.22. The molecule has 3 aromatic rings. The van der Waals surface area contributed by atoms with Gasteiger partial charge in [-0.15, -0.1) is 0 Å². The number of para-hydroxylation sites is 1. The van der Waals surface area contributed by atoms with Crippen LogP contribution in [0, 0.1) is 12.8 Å². The predicted molar refractivity (Wildman–Crippen MR) is 90.0 cm³/mol. The molecule has 1 fully saturated rings. The largest absolute Gasteiger partial charge is 0.396 e. The summed E-state index contributed by atoms with van der Waals surface area (Å²) in [6.45, 7) is 2.58. The van der Waals surface area contributed by atoms with Crippen molar-refractivity contribution in [2.75, 3.05) is 19.7 Å². The lowest BCUT2D eigenvalue weighted by Crippen LogP contribution is -2.30. The van der Waals surface area contributed by atoms with E-state index in [4.69, 9.17) is 4.52 Å². The average molecular weight is 338 g/mol. The van der Waals surface area contributed by atoms with Crippen molar-refractivity contribution in [3.05, 3.63) is 53.8 Å². The first-order valence-corrected chi connectivity index (χ1v) is 8.22. The smallest absolute Gasteiger partial charge is 0.272 e. The number of nitrogens with zero attached hydrogens (tertiary/aromatic N) is 4. The molecule has 4 rings (SSSR count). The molecule has 0 bridgehead atoms. The summed E-state index contributed by atoms with van der Waals surface area (Å²) < 4.78 is 5.25. The summed E-state index contributed by atoms with van der Waals surface area (Å²) in [7, 11) is 0. The highest BCUT2D eigenvalue weighted by atomic mass is 16.5. The van der Waals surface area contributed by atoms with Crippen molar-refractivity contribution < 1.29 is 14.4 Å². The number of likely N-dealkylation sites (tertiary alicyclic amines) is 1. The Bertz CT molecular complexity index is 923. The van der Waals surface area contributed by atoms with Crippen LogP contribution in [0.3, 0.4) is 0 Å². The molecule has 0 spiro atoms. The van der Waals surface area contributed by atoms with Crippen molar-refractivity contribution >= 4 is 16.8 Å². The van der Waals surface area contributed by atoms with Crippen LogP contribution in [-0.2, 0) is 0 Å². The zero-order chi connectivity index (χ0) is 17.4. The number of aryl methyl sites for hydroxylation is 1. The third kappa shape index (κ3) is 2.87. The van der Waals surface area contributed by atoms with Gasteiger partial charge in [-0.1, -0.05) is 29.4 Å². The van der Waals surface area contributed by atoms with Crippen LogP contribution in [0.25, 0.3) is 10.9 Å². The van der Waals surface area contributed by atoms with Crippen LogP contribution in [0.5, 0.6) is 0 Å². The monoisotopic (exact) mass is 338 g/mol. The van der Waals surface area contributed by atoms with Gasteiger partial charge in [-0.25, -0.2) is 4.98 Å². The van der Waals surface area contributed by atoms with Gasteiger partial charge in [0.25, 0.3) is 5.91 Å². The fourth-order valence-corrected chi connectivity index (χ4v) is 3.31. The van der Waals surface area contributed by atoms with Crippen LogP contribution in [0.15, 0.2) is 40.9 Å². The first kappa shape index (κ1) is 15.7. The summed E-state index contributed by atoms with van der Waals surface area (Å²) in [6.07, 6.45) is 0. The van der Waals surface area contributed by atoms with Gasteiger partial charge in [0.15, 0.2) is 5.82 Å². The van der Waals surface area contributed by atoms with Crippen LogP contribution < -0.4 is 0 Å². The average Bonchev–Trinajstić information content (AvgIpc) is 3.26. The molecule has 3 heterocycles. The van der Waals surface area contributed by atoms with E-state index >= 15 is 0 Å². The maximum Gasteiger partial charge on any atom is 0.272 e. The lowest BCUT2D eigenvalue weighted by Gasteiger charge is -2.15. The summed E-state index contributed by atoms with van der Waals surface area (Å²) in [6, 6.07) is 11.3. The molecule has 1 amide bonds. The number of amides is 1. The van der Waals surface area contributed by atoms with Crippen LogP contribution >= 0.6 is 0 Å². The normalized spacial score (nSPS) is 20.3. The second-order valence-electron chi connectivity index (χ2n) is 6.33. The van der Waals surface area contributed by atoms with Crippen LogP contribution in [0.2, 0.25) is 0 Å². The molecule has 1 N–H and O–H groups in total. The van der Waals surface area contributed by atoms with Gasteiger partial charge < -0.3 is 14.5 Å². The van der Waals surface area contributed by atoms with Crippen molar-refractivity contribution in [1.82, 2.24) is 20.0 Å². The summed E-state index contributed by atoms with van der Waals surface area (Å²) in [4.78, 5) is 23.3. The standard InChI is InChI=1S/C18H18N4O3/c1-11-19-17(25-21-11)14-9-22(8-13(14)10-23)18(24)16-7-6-12-4-2-3-5-15(12)20-16/h2-7,13-14,23H,8-10H2,1H3/t13-,14+/m0/s1. The van der Waals surface area contributed by atoms with Crippen molar-refractivity contribution in [3.63, 3.8) is 0 Å². The number of benzene rings is 1. The van der Waals surface area contributed by atoms with E-state index in [-0.39, 0.29) is 24.3 Å². The molecular formula is C18H18N4O3. The summed E-state index contributed by atoms with van der Waals surface area (Å²) in [5.41, 5.74) is 1.19. The lowest BCUT2D eigenvalue weighted by atomic mass is 9.97. The van der Waals surface area contributed by atoms with Gasteiger partial charge in [0.05, 0.1) is 11.4 Å². The second kappa shape index (κ2) is 6.25. The van der Waals surface area contributed by atoms with E-state index in [9.17, 15) is 9.90 Å². The van der Waals surface area contributed by atoms with Crippen LogP contribution in [0.1, 0.15) is 28.1 Å². The molecule has 0 saturated carbocycles. The van der Waals surface area contributed by atoms with E-state index < -0.39 is 0 Å². The number of pyridine rings is 1. The Morgan fingerprint density at radius 3 is 2.84 bits per heavy atom. The Morgan fingerprint density at radius 1 is 1.24 bits per heavy atom. The van der Waals surface area contributed by atoms with Gasteiger partial charge in [-0.05, 0) is 19.1 Å². The van der Waals surface area contributed by atoms with Gasteiger partial charge >= 0.3 is 0 Å². The third-order valence-electron chi connectivity index (χ3n) is 4.64. The molecule has 128 valence electrons. The second-order valence-corrected chi connectivity index (χ2v) is 6.33. The zero-order valence-corrected chi connectivity index (χ0v) is 13.8. The first-order chi connectivity index (χ1) is 12.2. The highest BCUT2D eigenvalue weighted by Gasteiger charge is 2.39. The van der Waals surface area contributed by atoms with Crippen molar-refractivity contribution in [3.8, 4) is 0 Å². The molecule has 7 nitrogen and oxygen atoms in total. The Kier molecular flexibility index (Phi) is 3.93. The number of fused-ring (bicyclic) bond motifs is 1. The van der Waals surface area contributed by atoms with E-state index in [0.29, 0.717) is 30.5 Å². The molecule has 1 aliphatic heterocycles. The molecule has 7 heteroatoms. The van der Waals surface area contributed by atoms with Gasteiger partial charge in [0, 0.05) is 31.0 Å². The van der Waals surface area contributed by atoms with Gasteiger partial charge in [-0.2, -0.15) is 4.98 Å². The van der Waals surface area contributed by atoms with E-state index in [1.165, 1.54) is 0 Å². The summed E-state index contributed by atoms with van der Waals surface area (Å²) in [5, 5.41) is 14.5. The summed E-state index contributed by atoms with van der Waals surface area (Å²) >= 11 is 0. The van der Waals surface area contributed by atoms with Crippen LogP contribution in [0.4, 0.5) is 0 Å². The topological polar surface area (TPSA) is 92.4 Å². The Labute approximate surface area is 144 Å². The predicted octanol–water partition coefficient (Wildman–Crippen LogP) is 1.77. The Morgan fingerprint density at radius 2 is 2.08 bits per heavy atom. The fraction of sp³-hybridized carbons (Fsp3) is 0.333. The molecule has 0 radical (unpaired) electrons. The number of carbonyl (C=O) groups excluding carboxylic acids is 1. The molecular weight excluding hydrogens is 320 g/mol. The number of aliphatic hydroxyl groups is 1. The third-order valence-corrected chi connectivity index (χ3v) is 4.64. The molecule has 25 heavy (non-hydrogen) atoms. The van der Waals surface area contributed by atoms with E-state index in [1.807, 2.05) is 30.3 Å².